The minimum Gasteiger partial charge on any atom is -0.423 e. The van der Waals surface area contributed by atoms with Gasteiger partial charge < -0.3 is 4.43 Å². The van der Waals surface area contributed by atoms with E-state index in [0.29, 0.717) is 25.3 Å². The molecule has 0 aromatic rings. The van der Waals surface area contributed by atoms with Gasteiger partial charge in [0.05, 0.1) is 26.9 Å². The predicted octanol–water partition coefficient (Wildman–Crippen LogP) is 9.68. The first-order valence-electron chi connectivity index (χ1n) is 12.7. The third kappa shape index (κ3) is 4.89. The van der Waals surface area contributed by atoms with Crippen LogP contribution in [0.15, 0.2) is 0 Å². The fraction of sp³-hybridized carbons (Fsp3) is 1.00. The van der Waals surface area contributed by atoms with Crippen LogP contribution < -0.4 is 0 Å². The summed E-state index contributed by atoms with van der Waals surface area (Å²) in [5.41, 5.74) is 0. The third-order valence-electron chi connectivity index (χ3n) is 10.7. The zero-order valence-electron chi connectivity index (χ0n) is 24.9. The summed E-state index contributed by atoms with van der Waals surface area (Å²) < 4.78 is 8.49. The van der Waals surface area contributed by atoms with Crippen LogP contribution in [0, 0.1) is 0 Å². The second kappa shape index (κ2) is 9.44. The molecule has 0 radical (unpaired) electrons. The van der Waals surface area contributed by atoms with E-state index in [-0.39, 0.29) is 0 Å². The maximum absolute atomic E-state index is 8.13. The van der Waals surface area contributed by atoms with Crippen molar-refractivity contribution in [2.45, 2.75) is 146 Å². The van der Waals surface area contributed by atoms with Crippen molar-refractivity contribution >= 4 is 53.2 Å². The van der Waals surface area contributed by atoms with Crippen LogP contribution in [0.25, 0.3) is 0 Å². The number of hydrogen-bond acceptors (Lipinski definition) is 3. The first-order valence-corrected chi connectivity index (χ1v) is 29.0. The van der Waals surface area contributed by atoms with Crippen LogP contribution in [-0.4, -0.2) is 52.3 Å². The summed E-state index contributed by atoms with van der Waals surface area (Å²) in [7, 11) is -5.35. The van der Waals surface area contributed by atoms with E-state index < -0.39 is 29.6 Å². The van der Waals surface area contributed by atoms with Crippen molar-refractivity contribution < 1.29 is 4.43 Å². The van der Waals surface area contributed by atoms with Gasteiger partial charge in [-0.25, -0.2) is 0 Å². The number of thioether (sulfide) groups is 2. The Hall–Kier alpha value is 1.53. The van der Waals surface area contributed by atoms with Crippen LogP contribution in [0.4, 0.5) is 0 Å². The second-order valence-electron chi connectivity index (χ2n) is 15.1. The lowest BCUT2D eigenvalue weighted by atomic mass is 10.2. The lowest BCUT2D eigenvalue weighted by molar-refractivity contribution is 0.214. The van der Waals surface area contributed by atoms with E-state index in [1.165, 1.54) is 19.3 Å². The quantitative estimate of drug-likeness (QED) is 0.230. The SMILES string of the molecule is CSC1(SC)CCC(O[Si]([Si](C)(C)C(C)(C)C)([Si](C)(C)C(C)(C)C)[Si](C)(C)C(C)(C)C)C1. The van der Waals surface area contributed by atoms with Crippen molar-refractivity contribution in [2.24, 2.45) is 0 Å². The molecule has 1 rings (SSSR count). The summed E-state index contributed by atoms with van der Waals surface area (Å²) >= 11 is 4.16. The summed E-state index contributed by atoms with van der Waals surface area (Å²) in [5, 5.41) is 1.04. The third-order valence-corrected chi connectivity index (χ3v) is 88.6. The molecule has 0 spiro atoms. The van der Waals surface area contributed by atoms with Crippen molar-refractivity contribution in [3.05, 3.63) is 0 Å². The van der Waals surface area contributed by atoms with E-state index in [1.807, 2.05) is 0 Å². The topological polar surface area (TPSA) is 9.23 Å². The highest BCUT2D eigenvalue weighted by Gasteiger charge is 2.75. The van der Waals surface area contributed by atoms with Gasteiger partial charge in [0, 0.05) is 6.10 Å². The molecule has 0 aliphatic heterocycles. The van der Waals surface area contributed by atoms with Gasteiger partial charge in [-0.05, 0) is 46.9 Å². The largest absolute Gasteiger partial charge is 0.423 e. The van der Waals surface area contributed by atoms with Gasteiger partial charge in [0.2, 0.25) is 0 Å². The maximum Gasteiger partial charge on any atom is 0.160 e. The van der Waals surface area contributed by atoms with Crippen LogP contribution in [0.5, 0.6) is 0 Å². The first kappa shape index (κ1) is 31.6. The van der Waals surface area contributed by atoms with Crippen molar-refractivity contribution in [3.8, 4) is 0 Å². The molecule has 0 N–H and O–H groups in total. The van der Waals surface area contributed by atoms with Gasteiger partial charge in [0.25, 0.3) is 0 Å². The number of hydrogen-bond donors (Lipinski definition) is 0. The Labute approximate surface area is 215 Å². The highest BCUT2D eigenvalue weighted by Crippen LogP contribution is 2.60. The van der Waals surface area contributed by atoms with Gasteiger partial charge in [-0.2, -0.15) is 0 Å². The minimum absolute atomic E-state index is 0.346. The van der Waals surface area contributed by atoms with E-state index in [9.17, 15) is 0 Å². The molecule has 0 saturated heterocycles. The fourth-order valence-electron chi connectivity index (χ4n) is 6.11. The lowest BCUT2D eigenvalue weighted by Crippen LogP contribution is -2.91. The zero-order valence-corrected chi connectivity index (χ0v) is 30.6. The van der Waals surface area contributed by atoms with Gasteiger partial charge in [0.1, 0.15) is 0 Å². The molecule has 1 atom stereocenters. The Morgan fingerprint density at radius 1 is 0.656 bits per heavy atom. The van der Waals surface area contributed by atoms with Gasteiger partial charge in [-0.15, -0.1) is 23.5 Å². The molecule has 1 fully saturated rings. The van der Waals surface area contributed by atoms with Gasteiger partial charge in [-0.1, -0.05) is 102 Å². The Kier molecular flexibility index (Phi) is 9.31. The summed E-state index contributed by atoms with van der Waals surface area (Å²) in [6.45, 7) is 37.5. The highest BCUT2D eigenvalue weighted by atomic mass is 32.2. The predicted molar refractivity (Wildman–Crippen MR) is 166 cm³/mol. The maximum atomic E-state index is 8.13. The van der Waals surface area contributed by atoms with Crippen LogP contribution in [0.3, 0.4) is 0 Å². The summed E-state index contributed by atoms with van der Waals surface area (Å²) in [4.78, 5) is 0. The van der Waals surface area contributed by atoms with E-state index in [2.05, 4.69) is 138 Å². The molecule has 0 aromatic heterocycles. The Bertz CT molecular complexity index is 586. The Balaban J connectivity index is 4.00. The molecule has 192 valence electrons. The normalized spacial score (nSPS) is 21.8. The molecule has 0 aromatic carbocycles. The van der Waals surface area contributed by atoms with E-state index in [1.54, 1.807) is 0 Å². The second-order valence-corrected chi connectivity index (χ2v) is 55.7. The molecule has 1 aliphatic carbocycles. The standard InChI is InChI=1S/C25H58OS2Si4/c1-22(2,3)29(12,13)32(30(14,15)23(4,5)6,31(16,17)24(7,8)9)26-21-18-19-25(20-21,27-10)28-11/h21H,18-20H2,1-17H3. The van der Waals surface area contributed by atoms with Crippen LogP contribution in [-0.2, 0) is 4.43 Å². The van der Waals surface area contributed by atoms with Gasteiger partial charge in [-0.3, -0.25) is 0 Å². The van der Waals surface area contributed by atoms with Crippen LogP contribution in [0.1, 0.15) is 81.6 Å². The number of rotatable bonds is 7. The molecular formula is C25H58OS2Si4. The molecular weight excluding hydrogens is 493 g/mol. The van der Waals surface area contributed by atoms with E-state index >= 15 is 0 Å². The molecule has 32 heavy (non-hydrogen) atoms. The molecule has 1 nitrogen and oxygen atoms in total. The van der Waals surface area contributed by atoms with Crippen molar-refractivity contribution in [1.82, 2.24) is 0 Å². The smallest absolute Gasteiger partial charge is 0.160 e. The molecule has 7 heteroatoms. The molecule has 1 unspecified atom stereocenters. The zero-order chi connectivity index (χ0) is 25.8. The molecule has 0 amide bonds. The molecule has 0 bridgehead atoms. The summed E-state index contributed by atoms with van der Waals surface area (Å²) in [5.74, 6) is 0. The van der Waals surface area contributed by atoms with Crippen LogP contribution >= 0.6 is 23.5 Å². The van der Waals surface area contributed by atoms with Crippen LogP contribution in [0.2, 0.25) is 54.4 Å². The monoisotopic (exact) mass is 550 g/mol. The average molecular weight is 551 g/mol. The summed E-state index contributed by atoms with van der Waals surface area (Å²) in [6.07, 6.45) is 8.89. The molecule has 1 saturated carbocycles. The summed E-state index contributed by atoms with van der Waals surface area (Å²) in [6, 6.07) is 0. The molecule has 0 heterocycles. The van der Waals surface area contributed by atoms with Gasteiger partial charge in [0.15, 0.2) is 6.87 Å². The van der Waals surface area contributed by atoms with E-state index in [0.717, 1.165) is 0 Å². The average Bonchev–Trinajstić information content (AvgIpc) is 2.99. The van der Waals surface area contributed by atoms with Gasteiger partial charge >= 0.3 is 0 Å². The minimum atomic E-state index is -2.14. The first-order chi connectivity index (χ1) is 13.9. The lowest BCUT2D eigenvalue weighted by Gasteiger charge is -2.68. The van der Waals surface area contributed by atoms with Crippen molar-refractivity contribution in [3.63, 3.8) is 0 Å². The fourth-order valence-corrected chi connectivity index (χ4v) is 108. The van der Waals surface area contributed by atoms with E-state index in [4.69, 9.17) is 4.43 Å². The van der Waals surface area contributed by atoms with Crippen molar-refractivity contribution in [1.29, 1.82) is 0 Å². The highest BCUT2D eigenvalue weighted by molar-refractivity contribution is 8.17. The Morgan fingerprint density at radius 3 is 1.19 bits per heavy atom. The Morgan fingerprint density at radius 2 is 0.969 bits per heavy atom. The van der Waals surface area contributed by atoms with Crippen molar-refractivity contribution in [2.75, 3.05) is 12.5 Å². The molecule has 1 aliphatic rings.